The van der Waals surface area contributed by atoms with Crippen molar-refractivity contribution >= 4 is 11.8 Å². The normalized spacial score (nSPS) is 9.91. The Morgan fingerprint density at radius 2 is 1.82 bits per heavy atom. The monoisotopic (exact) mass is 301 g/mol. The summed E-state index contributed by atoms with van der Waals surface area (Å²) in [4.78, 5) is 15.8. The second-order valence-electron chi connectivity index (χ2n) is 4.49. The number of anilines is 1. The number of hydrogen-bond acceptors (Lipinski definition) is 4. The Kier molecular flexibility index (Phi) is 5.59. The van der Waals surface area contributed by atoms with Gasteiger partial charge in [0.25, 0.3) is 0 Å². The van der Waals surface area contributed by atoms with Gasteiger partial charge in [0.1, 0.15) is 17.3 Å². The van der Waals surface area contributed by atoms with E-state index >= 15 is 0 Å². The molecule has 0 atom stereocenters. The maximum atomic E-state index is 11.7. The molecule has 1 heterocycles. The van der Waals surface area contributed by atoms with Crippen LogP contribution in [0.5, 0.6) is 11.5 Å². The van der Waals surface area contributed by atoms with Crippen LogP contribution < -0.4 is 20.1 Å². The zero-order valence-electron chi connectivity index (χ0n) is 12.6. The molecule has 2 rings (SSSR count). The van der Waals surface area contributed by atoms with Gasteiger partial charge in [0, 0.05) is 6.20 Å². The number of aryl methyl sites for hydroxylation is 1. The van der Waals surface area contributed by atoms with Crippen LogP contribution in [0.4, 0.5) is 10.6 Å². The summed E-state index contributed by atoms with van der Waals surface area (Å²) in [6.45, 7) is 4.48. The third kappa shape index (κ3) is 4.66. The van der Waals surface area contributed by atoms with Crippen LogP contribution in [0, 0.1) is 6.92 Å². The SMILES string of the molecule is CCOc1ccc(OCNC(=O)Nc2ncccc2C)cc1. The van der Waals surface area contributed by atoms with Crippen molar-refractivity contribution in [1.82, 2.24) is 10.3 Å². The van der Waals surface area contributed by atoms with Crippen LogP contribution in [-0.4, -0.2) is 24.4 Å². The van der Waals surface area contributed by atoms with Crippen molar-refractivity contribution in [3.63, 3.8) is 0 Å². The van der Waals surface area contributed by atoms with Crippen LogP contribution in [0.25, 0.3) is 0 Å². The molecule has 6 heteroatoms. The Balaban J connectivity index is 1.76. The number of nitrogens with one attached hydrogen (secondary N) is 2. The molecular weight excluding hydrogens is 282 g/mol. The predicted molar refractivity (Wildman–Crippen MR) is 84.2 cm³/mol. The van der Waals surface area contributed by atoms with Gasteiger partial charge in [0.05, 0.1) is 6.61 Å². The summed E-state index contributed by atoms with van der Waals surface area (Å²) >= 11 is 0. The average molecular weight is 301 g/mol. The highest BCUT2D eigenvalue weighted by Gasteiger charge is 2.04. The Morgan fingerprint density at radius 1 is 1.14 bits per heavy atom. The van der Waals surface area contributed by atoms with Crippen molar-refractivity contribution in [3.8, 4) is 11.5 Å². The topological polar surface area (TPSA) is 72.5 Å². The first kappa shape index (κ1) is 15.6. The summed E-state index contributed by atoms with van der Waals surface area (Å²) in [5.41, 5.74) is 0.894. The first-order chi connectivity index (χ1) is 10.7. The lowest BCUT2D eigenvalue weighted by molar-refractivity contribution is 0.234. The number of nitrogens with zero attached hydrogens (tertiary/aromatic N) is 1. The second-order valence-corrected chi connectivity index (χ2v) is 4.49. The number of urea groups is 1. The number of hydrogen-bond donors (Lipinski definition) is 2. The predicted octanol–water partition coefficient (Wildman–Crippen LogP) is 2.95. The molecule has 0 radical (unpaired) electrons. The largest absolute Gasteiger partial charge is 0.494 e. The molecule has 0 aliphatic rings. The maximum absolute atomic E-state index is 11.7. The smallest absolute Gasteiger partial charge is 0.323 e. The van der Waals surface area contributed by atoms with E-state index < -0.39 is 0 Å². The second kappa shape index (κ2) is 7.87. The highest BCUT2D eigenvalue weighted by atomic mass is 16.5. The summed E-state index contributed by atoms with van der Waals surface area (Å²) in [6.07, 6.45) is 1.62. The zero-order valence-corrected chi connectivity index (χ0v) is 12.6. The zero-order chi connectivity index (χ0) is 15.8. The summed E-state index contributed by atoms with van der Waals surface area (Å²) in [5, 5.41) is 5.26. The molecule has 0 saturated carbocycles. The van der Waals surface area contributed by atoms with E-state index in [2.05, 4.69) is 15.6 Å². The van der Waals surface area contributed by atoms with Gasteiger partial charge < -0.3 is 14.8 Å². The molecule has 1 aromatic heterocycles. The molecular formula is C16H19N3O3. The number of carbonyl (C=O) groups excluding carboxylic acids is 1. The van der Waals surface area contributed by atoms with Crippen LogP contribution in [0.15, 0.2) is 42.6 Å². The van der Waals surface area contributed by atoms with Crippen LogP contribution in [0.2, 0.25) is 0 Å². The van der Waals surface area contributed by atoms with Crippen LogP contribution >= 0.6 is 0 Å². The van der Waals surface area contributed by atoms with E-state index in [9.17, 15) is 4.79 Å². The van der Waals surface area contributed by atoms with Crippen molar-refractivity contribution in [2.45, 2.75) is 13.8 Å². The van der Waals surface area contributed by atoms with Gasteiger partial charge in [-0.2, -0.15) is 0 Å². The van der Waals surface area contributed by atoms with Crippen molar-refractivity contribution in [1.29, 1.82) is 0 Å². The average Bonchev–Trinajstić information content (AvgIpc) is 2.52. The minimum absolute atomic E-state index is 0.0612. The van der Waals surface area contributed by atoms with Crippen LogP contribution in [0.1, 0.15) is 12.5 Å². The molecule has 116 valence electrons. The van der Waals surface area contributed by atoms with Gasteiger partial charge in [-0.25, -0.2) is 9.78 Å². The Bertz CT molecular complexity index is 614. The summed E-state index contributed by atoms with van der Waals surface area (Å²) in [6, 6.07) is 10.5. The lowest BCUT2D eigenvalue weighted by Gasteiger charge is -2.10. The number of ether oxygens (including phenoxy) is 2. The molecule has 6 nitrogen and oxygen atoms in total. The van der Waals surface area contributed by atoms with E-state index in [1.165, 1.54) is 0 Å². The summed E-state index contributed by atoms with van der Waals surface area (Å²) in [5.74, 6) is 1.96. The molecule has 2 amide bonds. The molecule has 0 unspecified atom stereocenters. The number of pyridine rings is 1. The number of benzene rings is 1. The number of carbonyl (C=O) groups is 1. The molecule has 0 aliphatic heterocycles. The lowest BCUT2D eigenvalue weighted by Crippen LogP contribution is -2.32. The van der Waals surface area contributed by atoms with E-state index in [4.69, 9.17) is 9.47 Å². The van der Waals surface area contributed by atoms with Crippen LogP contribution in [0.3, 0.4) is 0 Å². The minimum atomic E-state index is -0.368. The van der Waals surface area contributed by atoms with E-state index in [1.54, 1.807) is 18.3 Å². The number of aromatic nitrogens is 1. The highest BCUT2D eigenvalue weighted by Crippen LogP contribution is 2.17. The molecule has 0 aliphatic carbocycles. The Morgan fingerprint density at radius 3 is 2.45 bits per heavy atom. The van der Waals surface area contributed by atoms with Gasteiger partial charge in [-0.3, -0.25) is 5.32 Å². The molecule has 22 heavy (non-hydrogen) atoms. The first-order valence-electron chi connectivity index (χ1n) is 7.01. The van der Waals surface area contributed by atoms with E-state index in [-0.39, 0.29) is 12.8 Å². The number of rotatable bonds is 6. The molecule has 2 aromatic rings. The highest BCUT2D eigenvalue weighted by molar-refractivity contribution is 5.88. The lowest BCUT2D eigenvalue weighted by atomic mass is 10.3. The molecule has 2 N–H and O–H groups in total. The van der Waals surface area contributed by atoms with E-state index in [0.29, 0.717) is 18.2 Å². The molecule has 0 spiro atoms. The molecule has 0 saturated heterocycles. The fourth-order valence-corrected chi connectivity index (χ4v) is 1.75. The van der Waals surface area contributed by atoms with Gasteiger partial charge in [0.2, 0.25) is 0 Å². The van der Waals surface area contributed by atoms with Crippen molar-refractivity contribution in [3.05, 3.63) is 48.2 Å². The van der Waals surface area contributed by atoms with Gasteiger partial charge in [0.15, 0.2) is 6.73 Å². The van der Waals surface area contributed by atoms with Crippen molar-refractivity contribution in [2.24, 2.45) is 0 Å². The third-order valence-corrected chi connectivity index (χ3v) is 2.85. The Hall–Kier alpha value is -2.76. The van der Waals surface area contributed by atoms with Gasteiger partial charge >= 0.3 is 6.03 Å². The molecule has 0 bridgehead atoms. The first-order valence-corrected chi connectivity index (χ1v) is 7.01. The van der Waals surface area contributed by atoms with E-state index in [1.807, 2.05) is 38.1 Å². The fourth-order valence-electron chi connectivity index (χ4n) is 1.75. The Labute approximate surface area is 129 Å². The maximum Gasteiger partial charge on any atom is 0.323 e. The summed E-state index contributed by atoms with van der Waals surface area (Å²) < 4.78 is 10.8. The van der Waals surface area contributed by atoms with Crippen molar-refractivity contribution < 1.29 is 14.3 Å². The van der Waals surface area contributed by atoms with Gasteiger partial charge in [-0.1, -0.05) is 6.07 Å². The minimum Gasteiger partial charge on any atom is -0.494 e. The quantitative estimate of drug-likeness (QED) is 0.805. The van der Waals surface area contributed by atoms with Gasteiger partial charge in [-0.15, -0.1) is 0 Å². The molecule has 0 fully saturated rings. The van der Waals surface area contributed by atoms with Crippen LogP contribution in [-0.2, 0) is 0 Å². The standard InChI is InChI=1S/C16H19N3O3/c1-3-21-13-6-8-14(9-7-13)22-11-18-16(20)19-15-12(2)5-4-10-17-15/h4-10H,3,11H2,1-2H3,(H2,17,18,19,20). The molecule has 1 aromatic carbocycles. The fraction of sp³-hybridized carbons (Fsp3) is 0.250. The summed E-state index contributed by atoms with van der Waals surface area (Å²) in [7, 11) is 0. The van der Waals surface area contributed by atoms with Crippen molar-refractivity contribution in [2.75, 3.05) is 18.7 Å². The third-order valence-electron chi connectivity index (χ3n) is 2.85. The number of amides is 2. The van der Waals surface area contributed by atoms with E-state index in [0.717, 1.165) is 11.3 Å². The van der Waals surface area contributed by atoms with Gasteiger partial charge in [-0.05, 0) is 49.7 Å².